The van der Waals surface area contributed by atoms with Gasteiger partial charge in [-0.05, 0) is 36.4 Å². The van der Waals surface area contributed by atoms with Crippen LogP contribution in [0.25, 0.3) is 6.08 Å². The molecule has 0 atom stereocenters. The lowest BCUT2D eigenvalue weighted by Gasteiger charge is -2.10. The van der Waals surface area contributed by atoms with Gasteiger partial charge in [-0.25, -0.2) is 0 Å². The van der Waals surface area contributed by atoms with Crippen LogP contribution in [0, 0.1) is 19.3 Å². The second-order valence-corrected chi connectivity index (χ2v) is 6.78. The quantitative estimate of drug-likeness (QED) is 0.589. The van der Waals surface area contributed by atoms with Crippen LogP contribution in [0.15, 0.2) is 53.4 Å². The molecule has 0 bridgehead atoms. The van der Waals surface area contributed by atoms with Crippen LogP contribution >= 0.6 is 11.8 Å². The molecule has 0 spiro atoms. The first-order chi connectivity index (χ1) is 12.6. The van der Waals surface area contributed by atoms with Gasteiger partial charge >= 0.3 is 0 Å². The Bertz CT molecular complexity index is 927. The SMILES string of the molecule is C#CCN1C(=O)SC(=Cc2ccccc2OCc2cccc(C)c2)C1=O. The zero-order chi connectivity index (χ0) is 18.5. The first-order valence-corrected chi connectivity index (χ1v) is 8.86. The fourth-order valence-electron chi connectivity index (χ4n) is 2.56. The third-order valence-corrected chi connectivity index (χ3v) is 4.71. The van der Waals surface area contributed by atoms with Crippen molar-refractivity contribution in [1.82, 2.24) is 4.90 Å². The summed E-state index contributed by atoms with van der Waals surface area (Å²) in [4.78, 5) is 25.6. The van der Waals surface area contributed by atoms with Gasteiger partial charge in [-0.15, -0.1) is 6.42 Å². The van der Waals surface area contributed by atoms with Crippen molar-refractivity contribution in [3.8, 4) is 18.1 Å². The van der Waals surface area contributed by atoms with E-state index in [0.717, 1.165) is 27.8 Å². The summed E-state index contributed by atoms with van der Waals surface area (Å²) in [5, 5.41) is -0.350. The van der Waals surface area contributed by atoms with Crippen LogP contribution in [0.2, 0.25) is 0 Å². The third-order valence-electron chi connectivity index (χ3n) is 3.81. The number of para-hydroxylation sites is 1. The molecule has 1 aliphatic heterocycles. The number of ether oxygens (including phenoxy) is 1. The highest BCUT2D eigenvalue weighted by Gasteiger charge is 2.34. The van der Waals surface area contributed by atoms with E-state index in [2.05, 4.69) is 12.0 Å². The minimum atomic E-state index is -0.369. The van der Waals surface area contributed by atoms with Crippen molar-refractivity contribution in [1.29, 1.82) is 0 Å². The van der Waals surface area contributed by atoms with Gasteiger partial charge in [0, 0.05) is 5.56 Å². The molecule has 1 heterocycles. The summed E-state index contributed by atoms with van der Waals surface area (Å²) in [5.41, 5.74) is 2.97. The van der Waals surface area contributed by atoms with Crippen LogP contribution in [0.3, 0.4) is 0 Å². The summed E-state index contributed by atoms with van der Waals surface area (Å²) in [5.74, 6) is 2.61. The first kappa shape index (κ1) is 17.8. The van der Waals surface area contributed by atoms with E-state index in [9.17, 15) is 9.59 Å². The Kier molecular flexibility index (Phi) is 5.45. The number of carbonyl (C=O) groups excluding carboxylic acids is 2. The maximum Gasteiger partial charge on any atom is 0.294 e. The molecular weight excluding hydrogens is 346 g/mol. The van der Waals surface area contributed by atoms with Crippen molar-refractivity contribution >= 4 is 29.0 Å². The fourth-order valence-corrected chi connectivity index (χ4v) is 3.39. The first-order valence-electron chi connectivity index (χ1n) is 8.04. The van der Waals surface area contributed by atoms with Crippen LogP contribution in [0.5, 0.6) is 5.75 Å². The number of nitrogens with zero attached hydrogens (tertiary/aromatic N) is 1. The van der Waals surface area contributed by atoms with E-state index in [1.165, 1.54) is 5.56 Å². The molecule has 0 aliphatic carbocycles. The molecule has 1 aliphatic rings. The Balaban J connectivity index is 1.80. The maximum atomic E-state index is 12.3. The third kappa shape index (κ3) is 3.98. The lowest BCUT2D eigenvalue weighted by molar-refractivity contribution is -0.122. The summed E-state index contributed by atoms with van der Waals surface area (Å²) in [7, 11) is 0. The number of hydrogen-bond acceptors (Lipinski definition) is 4. The van der Waals surface area contributed by atoms with Crippen LogP contribution in [-0.4, -0.2) is 22.6 Å². The number of aryl methyl sites for hydroxylation is 1. The molecule has 0 radical (unpaired) electrons. The van der Waals surface area contributed by atoms with E-state index in [1.807, 2.05) is 49.4 Å². The monoisotopic (exact) mass is 363 g/mol. The van der Waals surface area contributed by atoms with Gasteiger partial charge in [-0.1, -0.05) is 53.9 Å². The van der Waals surface area contributed by atoms with Gasteiger partial charge in [0.15, 0.2) is 0 Å². The van der Waals surface area contributed by atoms with Crippen LogP contribution in [-0.2, 0) is 11.4 Å². The van der Waals surface area contributed by atoms with E-state index in [0.29, 0.717) is 17.3 Å². The van der Waals surface area contributed by atoms with Gasteiger partial charge in [-0.2, -0.15) is 0 Å². The summed E-state index contributed by atoms with van der Waals surface area (Å²) < 4.78 is 5.93. The number of terminal acetylenes is 1. The molecule has 4 nitrogen and oxygen atoms in total. The summed E-state index contributed by atoms with van der Waals surface area (Å²) in [6, 6.07) is 15.5. The van der Waals surface area contributed by atoms with Gasteiger partial charge < -0.3 is 4.74 Å². The zero-order valence-electron chi connectivity index (χ0n) is 14.3. The van der Waals surface area contributed by atoms with E-state index in [-0.39, 0.29) is 17.7 Å². The number of thioether (sulfide) groups is 1. The highest BCUT2D eigenvalue weighted by Crippen LogP contribution is 2.33. The minimum absolute atomic E-state index is 0.0203. The normalized spacial score (nSPS) is 15.4. The molecule has 0 unspecified atom stereocenters. The highest BCUT2D eigenvalue weighted by atomic mass is 32.2. The highest BCUT2D eigenvalue weighted by molar-refractivity contribution is 8.18. The van der Waals surface area contributed by atoms with E-state index in [4.69, 9.17) is 11.2 Å². The average molecular weight is 363 g/mol. The summed E-state index contributed by atoms with van der Waals surface area (Å²) in [6.07, 6.45) is 6.89. The van der Waals surface area contributed by atoms with Gasteiger partial charge in [-0.3, -0.25) is 14.5 Å². The van der Waals surface area contributed by atoms with Crippen molar-refractivity contribution in [2.24, 2.45) is 0 Å². The molecule has 0 saturated carbocycles. The van der Waals surface area contributed by atoms with Gasteiger partial charge in [0.25, 0.3) is 11.1 Å². The Labute approximate surface area is 156 Å². The Morgan fingerprint density at radius 3 is 2.77 bits per heavy atom. The minimum Gasteiger partial charge on any atom is -0.488 e. The molecule has 1 fully saturated rings. The standard InChI is InChI=1S/C21H17NO3S/c1-3-11-22-20(23)19(26-21(22)24)13-17-9-4-5-10-18(17)25-14-16-8-6-7-15(2)12-16/h1,4-10,12-13H,11,14H2,2H3. The van der Waals surface area contributed by atoms with Gasteiger partial charge in [0.05, 0.1) is 11.4 Å². The molecule has 2 aromatic rings. The maximum absolute atomic E-state index is 12.3. The van der Waals surface area contributed by atoms with Crippen molar-refractivity contribution in [3.63, 3.8) is 0 Å². The molecule has 2 amide bonds. The molecule has 5 heteroatoms. The number of imide groups is 1. The second-order valence-electron chi connectivity index (χ2n) is 5.79. The Morgan fingerprint density at radius 1 is 1.19 bits per heavy atom. The van der Waals surface area contributed by atoms with Crippen LogP contribution in [0.1, 0.15) is 16.7 Å². The Morgan fingerprint density at radius 2 is 2.00 bits per heavy atom. The Hall–Kier alpha value is -2.97. The number of benzene rings is 2. The molecule has 2 aromatic carbocycles. The number of rotatable bonds is 5. The van der Waals surface area contributed by atoms with E-state index in [1.54, 1.807) is 6.08 Å². The summed E-state index contributed by atoms with van der Waals surface area (Å²) >= 11 is 0.889. The molecule has 0 aromatic heterocycles. The van der Waals surface area contributed by atoms with Crippen molar-refractivity contribution in [3.05, 3.63) is 70.1 Å². The number of amides is 2. The van der Waals surface area contributed by atoms with Crippen molar-refractivity contribution in [2.75, 3.05) is 6.54 Å². The number of hydrogen-bond donors (Lipinski definition) is 0. The molecule has 3 rings (SSSR count). The molecule has 0 N–H and O–H groups in total. The molecule has 26 heavy (non-hydrogen) atoms. The second kappa shape index (κ2) is 7.94. The lowest BCUT2D eigenvalue weighted by Crippen LogP contribution is -2.28. The smallest absolute Gasteiger partial charge is 0.294 e. The molecule has 1 saturated heterocycles. The zero-order valence-corrected chi connectivity index (χ0v) is 15.1. The predicted molar refractivity (Wildman–Crippen MR) is 103 cm³/mol. The van der Waals surface area contributed by atoms with Crippen LogP contribution < -0.4 is 4.74 Å². The summed E-state index contributed by atoms with van der Waals surface area (Å²) in [6.45, 7) is 2.43. The molecule has 130 valence electrons. The van der Waals surface area contributed by atoms with E-state index >= 15 is 0 Å². The van der Waals surface area contributed by atoms with E-state index < -0.39 is 0 Å². The largest absolute Gasteiger partial charge is 0.488 e. The lowest BCUT2D eigenvalue weighted by atomic mass is 10.1. The predicted octanol–water partition coefficient (Wildman–Crippen LogP) is 4.24. The van der Waals surface area contributed by atoms with Crippen molar-refractivity contribution < 1.29 is 14.3 Å². The van der Waals surface area contributed by atoms with Gasteiger partial charge in [0.1, 0.15) is 12.4 Å². The molecular formula is C21H17NO3S. The fraction of sp³-hybridized carbons (Fsp3) is 0.143. The van der Waals surface area contributed by atoms with Crippen molar-refractivity contribution in [2.45, 2.75) is 13.5 Å². The topological polar surface area (TPSA) is 46.6 Å². The van der Waals surface area contributed by atoms with Crippen LogP contribution in [0.4, 0.5) is 4.79 Å². The van der Waals surface area contributed by atoms with Gasteiger partial charge in [0.2, 0.25) is 0 Å². The number of carbonyl (C=O) groups is 2. The average Bonchev–Trinajstić information content (AvgIpc) is 2.89.